The molecule has 0 spiro atoms. The fraction of sp³-hybridized carbons (Fsp3) is 0.652. The van der Waals surface area contributed by atoms with E-state index in [2.05, 4.69) is 31.4 Å². The Morgan fingerprint density at radius 2 is 1.48 bits per heavy atom. The summed E-state index contributed by atoms with van der Waals surface area (Å²) >= 11 is 0. The first-order chi connectivity index (χ1) is 12.7. The van der Waals surface area contributed by atoms with E-state index in [0.29, 0.717) is 0 Å². The lowest BCUT2D eigenvalue weighted by Crippen LogP contribution is -2.54. The highest BCUT2D eigenvalue weighted by Crippen LogP contribution is 2.60. The summed E-state index contributed by atoms with van der Waals surface area (Å²) in [5.41, 5.74) is 1.91. The maximum Gasteiger partial charge on any atom is 0.243 e. The Hall–Kier alpha value is -1.84. The largest absolute Gasteiger partial charge is 0.347 e. The number of carbonyl (C=O) groups is 2. The highest BCUT2D eigenvalue weighted by molar-refractivity contribution is 5.95. The van der Waals surface area contributed by atoms with Crippen molar-refractivity contribution in [3.05, 3.63) is 29.8 Å². The molecule has 4 fully saturated rings. The van der Waals surface area contributed by atoms with Crippen LogP contribution in [-0.2, 0) is 15.0 Å². The molecule has 1 aromatic carbocycles. The van der Waals surface area contributed by atoms with Crippen molar-refractivity contribution in [3.8, 4) is 0 Å². The summed E-state index contributed by atoms with van der Waals surface area (Å²) in [5, 5.41) is 5.84. The first kappa shape index (κ1) is 18.5. The smallest absolute Gasteiger partial charge is 0.243 e. The summed E-state index contributed by atoms with van der Waals surface area (Å²) in [6.45, 7) is 6.56. The summed E-state index contributed by atoms with van der Waals surface area (Å²) in [6.07, 6.45) is 7.04. The molecular weight excluding hydrogens is 336 g/mol. The van der Waals surface area contributed by atoms with E-state index in [-0.39, 0.29) is 29.2 Å². The minimum atomic E-state index is -0.191. The average Bonchev–Trinajstić information content (AvgIpc) is 2.58. The van der Waals surface area contributed by atoms with Crippen molar-refractivity contribution in [1.82, 2.24) is 5.32 Å². The quantitative estimate of drug-likeness (QED) is 0.834. The lowest BCUT2D eigenvalue weighted by molar-refractivity contribution is -0.146. The van der Waals surface area contributed by atoms with Crippen molar-refractivity contribution < 1.29 is 9.59 Å². The van der Waals surface area contributed by atoms with Crippen molar-refractivity contribution in [1.29, 1.82) is 0 Å². The Morgan fingerprint density at radius 3 is 1.96 bits per heavy atom. The summed E-state index contributed by atoms with van der Waals surface area (Å²) in [4.78, 5) is 25.2. The van der Waals surface area contributed by atoms with E-state index < -0.39 is 0 Å². The van der Waals surface area contributed by atoms with Crippen molar-refractivity contribution in [2.45, 2.75) is 64.7 Å². The molecule has 4 heteroatoms. The maximum absolute atomic E-state index is 12.9. The van der Waals surface area contributed by atoms with Crippen LogP contribution in [-0.4, -0.2) is 18.4 Å². The van der Waals surface area contributed by atoms with Crippen LogP contribution in [0, 0.1) is 23.2 Å². The van der Waals surface area contributed by atoms with Gasteiger partial charge >= 0.3 is 0 Å². The zero-order valence-corrected chi connectivity index (χ0v) is 16.8. The molecule has 0 aromatic heterocycles. The predicted molar refractivity (Wildman–Crippen MR) is 107 cm³/mol. The van der Waals surface area contributed by atoms with Crippen LogP contribution in [0.3, 0.4) is 0 Å². The molecule has 1 aromatic rings. The number of hydrogen-bond acceptors (Lipinski definition) is 2. The summed E-state index contributed by atoms with van der Waals surface area (Å²) in [5.74, 6) is 2.16. The van der Waals surface area contributed by atoms with E-state index in [4.69, 9.17) is 0 Å². The Bertz CT molecular complexity index is 694. The Balaban J connectivity index is 1.31. The zero-order chi connectivity index (χ0) is 19.2. The van der Waals surface area contributed by atoms with Gasteiger partial charge in [0.1, 0.15) is 0 Å². The number of carbonyl (C=O) groups excluding carboxylic acids is 2. The van der Waals surface area contributed by atoms with Crippen molar-refractivity contribution >= 4 is 17.5 Å². The number of rotatable bonds is 4. The maximum atomic E-state index is 12.9. The second-order valence-electron chi connectivity index (χ2n) is 10.3. The summed E-state index contributed by atoms with van der Waals surface area (Å²) in [7, 11) is 0. The number of hydrogen-bond donors (Lipinski definition) is 2. The normalized spacial score (nSPS) is 31.6. The van der Waals surface area contributed by atoms with Gasteiger partial charge in [-0.15, -0.1) is 0 Å². The molecule has 4 nitrogen and oxygen atoms in total. The summed E-state index contributed by atoms with van der Waals surface area (Å²) in [6, 6.07) is 7.95. The number of benzene rings is 1. The second kappa shape index (κ2) is 6.65. The fourth-order valence-electron chi connectivity index (χ4n) is 6.00. The third kappa shape index (κ3) is 3.76. The average molecular weight is 369 g/mol. The van der Waals surface area contributed by atoms with Crippen LogP contribution in [0.25, 0.3) is 0 Å². The van der Waals surface area contributed by atoms with E-state index >= 15 is 0 Å². The predicted octanol–water partition coefficient (Wildman–Crippen LogP) is 4.26. The highest BCUT2D eigenvalue weighted by atomic mass is 16.2. The van der Waals surface area contributed by atoms with Crippen LogP contribution < -0.4 is 10.6 Å². The van der Waals surface area contributed by atoms with Gasteiger partial charge < -0.3 is 10.6 Å². The van der Waals surface area contributed by atoms with Crippen LogP contribution >= 0.6 is 0 Å². The van der Waals surface area contributed by atoms with Crippen molar-refractivity contribution in [2.24, 2.45) is 23.2 Å². The van der Waals surface area contributed by atoms with Gasteiger partial charge in [0.25, 0.3) is 0 Å². The lowest BCUT2D eigenvalue weighted by Gasteiger charge is -2.55. The zero-order valence-electron chi connectivity index (χ0n) is 16.8. The molecule has 0 heterocycles. The number of amides is 2. The van der Waals surface area contributed by atoms with Crippen LogP contribution in [0.15, 0.2) is 24.3 Å². The van der Waals surface area contributed by atoms with E-state index in [1.807, 2.05) is 24.3 Å². The molecule has 146 valence electrons. The van der Waals surface area contributed by atoms with Crippen LogP contribution in [0.1, 0.15) is 64.9 Å². The Labute approximate surface area is 162 Å². The molecule has 4 saturated carbocycles. The van der Waals surface area contributed by atoms with E-state index in [0.717, 1.165) is 42.7 Å². The number of nitrogens with one attached hydrogen (secondary N) is 2. The molecule has 0 saturated heterocycles. The van der Waals surface area contributed by atoms with Crippen LogP contribution in [0.4, 0.5) is 5.69 Å². The van der Waals surface area contributed by atoms with Crippen LogP contribution in [0.5, 0.6) is 0 Å². The molecule has 2 amide bonds. The van der Waals surface area contributed by atoms with Gasteiger partial charge in [0, 0.05) is 11.1 Å². The molecule has 0 atom stereocenters. The summed E-state index contributed by atoms with van der Waals surface area (Å²) < 4.78 is 0. The van der Waals surface area contributed by atoms with Gasteiger partial charge in [-0.1, -0.05) is 32.9 Å². The van der Waals surface area contributed by atoms with Gasteiger partial charge in [0.2, 0.25) is 11.8 Å². The Kier molecular flexibility index (Phi) is 4.56. The van der Waals surface area contributed by atoms with Crippen LogP contribution in [0.2, 0.25) is 0 Å². The first-order valence-electron chi connectivity index (χ1n) is 10.4. The third-order valence-electron chi connectivity index (χ3n) is 6.96. The molecule has 0 unspecified atom stereocenters. The van der Waals surface area contributed by atoms with Gasteiger partial charge in [-0.05, 0) is 79.4 Å². The number of anilines is 1. The molecular formula is C23H32N2O2. The molecule has 5 rings (SSSR count). The molecule has 0 radical (unpaired) electrons. The molecule has 0 aliphatic heterocycles. The molecule has 4 bridgehead atoms. The molecule has 4 aliphatic rings. The van der Waals surface area contributed by atoms with E-state index in [1.54, 1.807) is 0 Å². The van der Waals surface area contributed by atoms with Crippen molar-refractivity contribution in [2.75, 3.05) is 11.9 Å². The second-order valence-corrected chi connectivity index (χ2v) is 10.3. The van der Waals surface area contributed by atoms with Gasteiger partial charge in [-0.3, -0.25) is 9.59 Å². The fourth-order valence-corrected chi connectivity index (χ4v) is 6.00. The molecule has 2 N–H and O–H groups in total. The molecule has 27 heavy (non-hydrogen) atoms. The van der Waals surface area contributed by atoms with Gasteiger partial charge in [-0.2, -0.15) is 0 Å². The SMILES string of the molecule is CC(C)(C)c1ccc(NC(=O)CNC(=O)C23CC4CC(CC(C4)C2)C3)cc1. The highest BCUT2D eigenvalue weighted by Gasteiger charge is 2.54. The minimum absolute atomic E-state index is 0.0571. The third-order valence-corrected chi connectivity index (χ3v) is 6.96. The van der Waals surface area contributed by atoms with E-state index in [9.17, 15) is 9.59 Å². The monoisotopic (exact) mass is 368 g/mol. The topological polar surface area (TPSA) is 58.2 Å². The first-order valence-corrected chi connectivity index (χ1v) is 10.4. The van der Waals surface area contributed by atoms with Gasteiger partial charge in [-0.25, -0.2) is 0 Å². The van der Waals surface area contributed by atoms with E-state index in [1.165, 1.54) is 24.8 Å². The van der Waals surface area contributed by atoms with Crippen molar-refractivity contribution in [3.63, 3.8) is 0 Å². The van der Waals surface area contributed by atoms with Gasteiger partial charge in [0.05, 0.1) is 6.54 Å². The van der Waals surface area contributed by atoms with Gasteiger partial charge in [0.15, 0.2) is 0 Å². The Morgan fingerprint density at radius 1 is 0.963 bits per heavy atom. The lowest BCUT2D eigenvalue weighted by atomic mass is 9.49. The standard InChI is InChI=1S/C23H32N2O2/c1-22(2,3)18-4-6-19(7-5-18)25-20(26)14-24-21(27)23-11-15-8-16(12-23)10-17(9-15)13-23/h4-7,15-17H,8-14H2,1-3H3,(H,24,27)(H,25,26). The molecule has 4 aliphatic carbocycles. The minimum Gasteiger partial charge on any atom is -0.347 e.